The Bertz CT molecular complexity index is 167. The molecule has 2 heterocycles. The van der Waals surface area contributed by atoms with Gasteiger partial charge in [0.15, 0.2) is 5.78 Å². The predicted octanol–water partition coefficient (Wildman–Crippen LogP) is -0.582. The monoisotopic (exact) mass is 125 g/mol. The van der Waals surface area contributed by atoms with Gasteiger partial charge in [0.05, 0.1) is 6.54 Å². The van der Waals surface area contributed by atoms with Crippen LogP contribution in [-0.2, 0) is 9.59 Å². The number of carbonyl (C=O) groups excluding carboxylic acids is 2. The number of nitrogens with zero attached hydrogens (tertiary/aromatic N) is 1. The molecule has 2 rings (SSSR count). The summed E-state index contributed by atoms with van der Waals surface area (Å²) in [6, 6.07) is 0. The highest BCUT2D eigenvalue weighted by atomic mass is 16.2. The SMILES string of the molecule is O=C1CN2CC1CC2=O. The molecule has 48 valence electrons. The van der Waals surface area contributed by atoms with E-state index in [4.69, 9.17) is 0 Å². The third kappa shape index (κ3) is 0.515. The van der Waals surface area contributed by atoms with E-state index in [1.807, 2.05) is 0 Å². The molecule has 0 N–H and O–H groups in total. The standard InChI is InChI=1S/C6H7NO2/c8-5-3-7-2-4(5)1-6(7)9/h4H,1-3H2. The zero-order chi connectivity index (χ0) is 6.43. The summed E-state index contributed by atoms with van der Waals surface area (Å²) in [6.07, 6.45) is 0.471. The average Bonchev–Trinajstić information content (AvgIpc) is 2.24. The van der Waals surface area contributed by atoms with Crippen molar-refractivity contribution < 1.29 is 9.59 Å². The lowest BCUT2D eigenvalue weighted by Gasteiger charge is -2.09. The van der Waals surface area contributed by atoms with Crippen LogP contribution in [0.4, 0.5) is 0 Å². The van der Waals surface area contributed by atoms with Crippen molar-refractivity contribution in [3.8, 4) is 0 Å². The Morgan fingerprint density at radius 2 is 2.22 bits per heavy atom. The second kappa shape index (κ2) is 1.35. The summed E-state index contributed by atoms with van der Waals surface area (Å²) in [4.78, 5) is 23.2. The third-order valence-corrected chi connectivity index (χ3v) is 2.02. The van der Waals surface area contributed by atoms with Crippen molar-refractivity contribution in [2.45, 2.75) is 6.42 Å². The second-order valence-corrected chi connectivity index (χ2v) is 2.64. The van der Waals surface area contributed by atoms with Gasteiger partial charge < -0.3 is 4.90 Å². The highest BCUT2D eigenvalue weighted by Gasteiger charge is 2.41. The van der Waals surface area contributed by atoms with Crippen LogP contribution >= 0.6 is 0 Å². The Kier molecular flexibility index (Phi) is 0.743. The molecule has 0 radical (unpaired) electrons. The van der Waals surface area contributed by atoms with Gasteiger partial charge in [-0.1, -0.05) is 0 Å². The normalized spacial score (nSPS) is 32.4. The van der Waals surface area contributed by atoms with E-state index in [9.17, 15) is 9.59 Å². The lowest BCUT2D eigenvalue weighted by molar-refractivity contribution is -0.134. The van der Waals surface area contributed by atoms with Crippen LogP contribution in [-0.4, -0.2) is 29.7 Å². The van der Waals surface area contributed by atoms with Gasteiger partial charge in [-0.05, 0) is 0 Å². The number of hydrogen-bond acceptors (Lipinski definition) is 2. The lowest BCUT2D eigenvalue weighted by Crippen LogP contribution is -2.28. The summed E-state index contributed by atoms with van der Waals surface area (Å²) >= 11 is 0. The molecule has 1 atom stereocenters. The zero-order valence-corrected chi connectivity index (χ0v) is 4.96. The van der Waals surface area contributed by atoms with Gasteiger partial charge >= 0.3 is 0 Å². The first-order valence-corrected chi connectivity index (χ1v) is 3.08. The summed E-state index contributed by atoms with van der Waals surface area (Å²) in [6.45, 7) is 1.07. The molecule has 3 heteroatoms. The minimum atomic E-state index is 0.0532. The predicted molar refractivity (Wildman–Crippen MR) is 29.7 cm³/mol. The minimum absolute atomic E-state index is 0.0532. The molecule has 0 aromatic carbocycles. The molecule has 9 heavy (non-hydrogen) atoms. The van der Waals surface area contributed by atoms with E-state index in [0.29, 0.717) is 19.5 Å². The van der Waals surface area contributed by atoms with E-state index in [0.717, 1.165) is 0 Å². The van der Waals surface area contributed by atoms with E-state index < -0.39 is 0 Å². The summed E-state index contributed by atoms with van der Waals surface area (Å²) in [5.41, 5.74) is 0. The van der Waals surface area contributed by atoms with Crippen LogP contribution in [0.15, 0.2) is 0 Å². The molecule has 2 aliphatic heterocycles. The van der Waals surface area contributed by atoms with Crippen LogP contribution in [0.1, 0.15) is 6.42 Å². The maximum absolute atomic E-state index is 10.8. The van der Waals surface area contributed by atoms with Crippen molar-refractivity contribution in [3.05, 3.63) is 0 Å². The number of piperidine rings is 1. The first-order chi connectivity index (χ1) is 4.27. The van der Waals surface area contributed by atoms with Gasteiger partial charge in [-0.3, -0.25) is 9.59 Å². The maximum atomic E-state index is 10.8. The first kappa shape index (κ1) is 4.97. The van der Waals surface area contributed by atoms with Crippen LogP contribution in [0, 0.1) is 5.92 Å². The van der Waals surface area contributed by atoms with Gasteiger partial charge in [-0.15, -0.1) is 0 Å². The Labute approximate surface area is 52.6 Å². The smallest absolute Gasteiger partial charge is 0.223 e. The highest BCUT2D eigenvalue weighted by Crippen LogP contribution is 2.25. The zero-order valence-electron chi connectivity index (χ0n) is 4.96. The summed E-state index contributed by atoms with van der Waals surface area (Å²) < 4.78 is 0. The molecule has 2 aliphatic rings. The van der Waals surface area contributed by atoms with E-state index >= 15 is 0 Å². The molecule has 2 bridgehead atoms. The Morgan fingerprint density at radius 1 is 1.44 bits per heavy atom. The summed E-state index contributed by atoms with van der Waals surface area (Å²) in [5.74, 6) is 0.451. The molecule has 0 saturated carbocycles. The van der Waals surface area contributed by atoms with Gasteiger partial charge in [0.25, 0.3) is 0 Å². The summed E-state index contributed by atoms with van der Waals surface area (Å²) in [7, 11) is 0. The maximum Gasteiger partial charge on any atom is 0.223 e. The molecule has 2 fully saturated rings. The van der Waals surface area contributed by atoms with Gasteiger partial charge in [-0.25, -0.2) is 0 Å². The average molecular weight is 125 g/mol. The highest BCUT2D eigenvalue weighted by molar-refractivity contribution is 5.98. The van der Waals surface area contributed by atoms with E-state index in [-0.39, 0.29) is 17.6 Å². The van der Waals surface area contributed by atoms with Crippen molar-refractivity contribution in [1.82, 2.24) is 4.90 Å². The number of ketones is 1. The Hall–Kier alpha value is -0.860. The molecular weight excluding hydrogens is 118 g/mol. The molecule has 2 saturated heterocycles. The second-order valence-electron chi connectivity index (χ2n) is 2.64. The fourth-order valence-corrected chi connectivity index (χ4v) is 1.46. The molecule has 0 aromatic heterocycles. The van der Waals surface area contributed by atoms with Crippen LogP contribution in [0.3, 0.4) is 0 Å². The fraction of sp³-hybridized carbons (Fsp3) is 0.667. The quantitative estimate of drug-likeness (QED) is 0.434. The van der Waals surface area contributed by atoms with Crippen molar-refractivity contribution in [3.63, 3.8) is 0 Å². The Morgan fingerprint density at radius 3 is 2.56 bits per heavy atom. The first-order valence-electron chi connectivity index (χ1n) is 3.08. The minimum Gasteiger partial charge on any atom is -0.335 e. The molecule has 0 spiro atoms. The van der Waals surface area contributed by atoms with Gasteiger partial charge in [-0.2, -0.15) is 0 Å². The van der Waals surface area contributed by atoms with Crippen LogP contribution in [0.2, 0.25) is 0 Å². The van der Waals surface area contributed by atoms with Crippen molar-refractivity contribution in [2.75, 3.05) is 13.1 Å². The fourth-order valence-electron chi connectivity index (χ4n) is 1.46. The number of hydrogen-bond donors (Lipinski definition) is 0. The molecule has 3 nitrogen and oxygen atoms in total. The number of carbonyl (C=O) groups is 2. The molecule has 1 unspecified atom stereocenters. The molecule has 0 aromatic rings. The molecule has 1 amide bonds. The largest absolute Gasteiger partial charge is 0.335 e. The van der Waals surface area contributed by atoms with Crippen molar-refractivity contribution in [2.24, 2.45) is 5.92 Å². The van der Waals surface area contributed by atoms with E-state index in [1.165, 1.54) is 0 Å². The van der Waals surface area contributed by atoms with Gasteiger partial charge in [0.2, 0.25) is 5.91 Å². The molecular formula is C6H7NO2. The number of Topliss-reactive ketones (excluding diaryl/α,β-unsaturated/α-hetero) is 1. The van der Waals surface area contributed by atoms with Crippen LogP contribution in [0.5, 0.6) is 0 Å². The van der Waals surface area contributed by atoms with Crippen LogP contribution in [0.25, 0.3) is 0 Å². The number of fused-ring (bicyclic) bond motifs is 2. The third-order valence-electron chi connectivity index (χ3n) is 2.02. The summed E-state index contributed by atoms with van der Waals surface area (Å²) in [5, 5.41) is 0. The topological polar surface area (TPSA) is 37.4 Å². The van der Waals surface area contributed by atoms with E-state index in [1.54, 1.807) is 4.90 Å². The Balaban J connectivity index is 2.28. The van der Waals surface area contributed by atoms with Crippen molar-refractivity contribution >= 4 is 11.7 Å². The van der Waals surface area contributed by atoms with Crippen molar-refractivity contribution in [1.29, 1.82) is 0 Å². The number of rotatable bonds is 0. The lowest BCUT2D eigenvalue weighted by atomic mass is 10.0. The van der Waals surface area contributed by atoms with E-state index in [2.05, 4.69) is 0 Å². The molecule has 0 aliphatic carbocycles. The number of amides is 1. The van der Waals surface area contributed by atoms with Gasteiger partial charge in [0, 0.05) is 18.9 Å². The van der Waals surface area contributed by atoms with Crippen LogP contribution < -0.4 is 0 Å². The van der Waals surface area contributed by atoms with Gasteiger partial charge in [0.1, 0.15) is 0 Å².